The van der Waals surface area contributed by atoms with Crippen LogP contribution >= 0.6 is 0 Å². The van der Waals surface area contributed by atoms with Crippen molar-refractivity contribution in [2.45, 2.75) is 40.0 Å². The number of hydrogen-bond donors (Lipinski definition) is 0. The molecule has 1 aliphatic heterocycles. The Morgan fingerprint density at radius 2 is 2.25 bits per heavy atom. The molecule has 0 saturated carbocycles. The number of aromatic nitrogens is 3. The van der Waals surface area contributed by atoms with Crippen LogP contribution in [0.1, 0.15) is 37.5 Å². The van der Waals surface area contributed by atoms with Gasteiger partial charge in [0.1, 0.15) is 0 Å². The van der Waals surface area contributed by atoms with E-state index in [2.05, 4.69) is 22.0 Å². The van der Waals surface area contributed by atoms with Crippen LogP contribution in [-0.2, 0) is 13.1 Å². The lowest BCUT2D eigenvalue weighted by Gasteiger charge is -2.13. The van der Waals surface area contributed by atoms with Crippen LogP contribution in [0.3, 0.4) is 0 Å². The largest absolute Gasteiger partial charge is 0.474 e. The van der Waals surface area contributed by atoms with Crippen molar-refractivity contribution < 1.29 is 4.74 Å². The zero-order valence-electron chi connectivity index (χ0n) is 12.0. The second-order valence-electron chi connectivity index (χ2n) is 5.07. The number of hydrogen-bond acceptors (Lipinski definition) is 4. The molecule has 2 aromatic rings. The zero-order valence-corrected chi connectivity index (χ0v) is 12.0. The van der Waals surface area contributed by atoms with Crippen LogP contribution in [0.5, 0.6) is 5.88 Å². The summed E-state index contributed by atoms with van der Waals surface area (Å²) in [5, 5.41) is 4.32. The maximum Gasteiger partial charge on any atom is 0.223 e. The summed E-state index contributed by atoms with van der Waals surface area (Å²) in [5.41, 5.74) is 4.13. The standard InChI is InChI=1S/C15H18N4O/c1-4-19-9-12(8-18-19)14-13-11(7-17-14)5-6-16-15(13)20-10(2)3/h5-6,8-10H,4,7H2,1-3H3. The Hall–Kier alpha value is -2.17. The van der Waals surface area contributed by atoms with Crippen LogP contribution in [0, 0.1) is 0 Å². The lowest BCUT2D eigenvalue weighted by atomic mass is 10.0. The average molecular weight is 270 g/mol. The molecular formula is C15H18N4O. The number of aryl methyl sites for hydroxylation is 1. The summed E-state index contributed by atoms with van der Waals surface area (Å²) >= 11 is 0. The van der Waals surface area contributed by atoms with Gasteiger partial charge in [0.2, 0.25) is 5.88 Å². The van der Waals surface area contributed by atoms with Crippen LogP contribution in [0.15, 0.2) is 29.6 Å². The van der Waals surface area contributed by atoms with Gasteiger partial charge in [-0.05, 0) is 32.4 Å². The van der Waals surface area contributed by atoms with Gasteiger partial charge in [-0.1, -0.05) is 0 Å². The first-order valence-electron chi connectivity index (χ1n) is 6.91. The lowest BCUT2D eigenvalue weighted by molar-refractivity contribution is 0.232. The van der Waals surface area contributed by atoms with Gasteiger partial charge in [0.05, 0.1) is 30.1 Å². The van der Waals surface area contributed by atoms with E-state index >= 15 is 0 Å². The molecule has 104 valence electrons. The highest BCUT2D eigenvalue weighted by Gasteiger charge is 2.24. The first kappa shape index (κ1) is 12.8. The van der Waals surface area contributed by atoms with Gasteiger partial charge in [-0.25, -0.2) is 4.98 Å². The SMILES string of the molecule is CCn1cc(C2=NCc3ccnc(OC(C)C)c32)cn1. The molecule has 0 N–H and O–H groups in total. The van der Waals surface area contributed by atoms with E-state index in [0.717, 1.165) is 28.9 Å². The molecule has 0 aliphatic carbocycles. The van der Waals surface area contributed by atoms with E-state index in [1.54, 1.807) is 6.20 Å². The monoisotopic (exact) mass is 270 g/mol. The predicted molar refractivity (Wildman–Crippen MR) is 77.2 cm³/mol. The molecule has 3 rings (SSSR count). The maximum absolute atomic E-state index is 5.82. The summed E-state index contributed by atoms with van der Waals surface area (Å²) in [4.78, 5) is 9.00. The van der Waals surface area contributed by atoms with Crippen LogP contribution < -0.4 is 4.74 Å². The average Bonchev–Trinajstić information content (AvgIpc) is 3.04. The molecule has 0 saturated heterocycles. The van der Waals surface area contributed by atoms with Crippen molar-refractivity contribution in [2.75, 3.05) is 0 Å². The Morgan fingerprint density at radius 3 is 2.95 bits per heavy atom. The van der Waals surface area contributed by atoms with E-state index in [4.69, 9.17) is 4.74 Å². The van der Waals surface area contributed by atoms with Gasteiger partial charge in [-0.15, -0.1) is 0 Å². The number of aliphatic imine (C=N–C) groups is 1. The number of pyridine rings is 1. The summed E-state index contributed by atoms with van der Waals surface area (Å²) in [6.45, 7) is 7.60. The molecule has 0 fully saturated rings. The van der Waals surface area contributed by atoms with Gasteiger partial charge in [0.15, 0.2) is 0 Å². The fourth-order valence-corrected chi connectivity index (χ4v) is 2.32. The quantitative estimate of drug-likeness (QED) is 0.857. The lowest BCUT2D eigenvalue weighted by Crippen LogP contribution is -2.12. The highest BCUT2D eigenvalue weighted by Crippen LogP contribution is 2.29. The Kier molecular flexibility index (Phi) is 3.26. The molecule has 0 amide bonds. The Balaban J connectivity index is 2.03. The summed E-state index contributed by atoms with van der Waals surface area (Å²) in [6.07, 6.45) is 5.74. The first-order chi connectivity index (χ1) is 9.69. The number of nitrogens with zero attached hydrogens (tertiary/aromatic N) is 4. The normalized spacial score (nSPS) is 13.5. The van der Waals surface area contributed by atoms with E-state index in [1.807, 2.05) is 37.0 Å². The third-order valence-electron chi connectivity index (χ3n) is 3.22. The van der Waals surface area contributed by atoms with E-state index < -0.39 is 0 Å². The molecule has 0 atom stereocenters. The summed E-state index contributed by atoms with van der Waals surface area (Å²) in [5.74, 6) is 0.665. The van der Waals surface area contributed by atoms with Crippen LogP contribution in [0.4, 0.5) is 0 Å². The molecule has 0 radical (unpaired) electrons. The topological polar surface area (TPSA) is 52.3 Å². The third-order valence-corrected chi connectivity index (χ3v) is 3.22. The van der Waals surface area contributed by atoms with Crippen molar-refractivity contribution in [3.8, 4) is 5.88 Å². The van der Waals surface area contributed by atoms with E-state index in [9.17, 15) is 0 Å². The van der Waals surface area contributed by atoms with Crippen LogP contribution in [0.2, 0.25) is 0 Å². The molecule has 0 spiro atoms. The molecule has 20 heavy (non-hydrogen) atoms. The summed E-state index contributed by atoms with van der Waals surface area (Å²) in [6, 6.07) is 2.00. The van der Waals surface area contributed by atoms with Gasteiger partial charge in [0.25, 0.3) is 0 Å². The third kappa shape index (κ3) is 2.19. The second kappa shape index (κ2) is 5.07. The minimum absolute atomic E-state index is 0.0919. The highest BCUT2D eigenvalue weighted by atomic mass is 16.5. The number of rotatable bonds is 4. The molecular weight excluding hydrogens is 252 g/mol. The molecule has 0 bridgehead atoms. The minimum Gasteiger partial charge on any atom is -0.474 e. The summed E-state index contributed by atoms with van der Waals surface area (Å²) in [7, 11) is 0. The van der Waals surface area contributed by atoms with E-state index in [0.29, 0.717) is 12.4 Å². The Labute approximate surface area is 118 Å². The fraction of sp³-hybridized carbons (Fsp3) is 0.400. The number of fused-ring (bicyclic) bond motifs is 1. The van der Waals surface area contributed by atoms with Crippen molar-refractivity contribution in [1.29, 1.82) is 0 Å². The molecule has 5 heteroatoms. The zero-order chi connectivity index (χ0) is 14.1. The Morgan fingerprint density at radius 1 is 1.40 bits per heavy atom. The Bertz CT molecular complexity index is 658. The van der Waals surface area contributed by atoms with Gasteiger partial charge >= 0.3 is 0 Å². The maximum atomic E-state index is 5.82. The minimum atomic E-state index is 0.0919. The molecule has 3 heterocycles. The van der Waals surface area contributed by atoms with Gasteiger partial charge < -0.3 is 4.74 Å². The van der Waals surface area contributed by atoms with Gasteiger partial charge in [-0.2, -0.15) is 5.10 Å². The predicted octanol–water partition coefficient (Wildman–Crippen LogP) is 2.44. The molecule has 0 unspecified atom stereocenters. The fourth-order valence-electron chi connectivity index (χ4n) is 2.32. The molecule has 5 nitrogen and oxygen atoms in total. The van der Waals surface area contributed by atoms with Crippen molar-refractivity contribution in [3.63, 3.8) is 0 Å². The van der Waals surface area contributed by atoms with Gasteiger partial charge in [-0.3, -0.25) is 9.67 Å². The highest BCUT2D eigenvalue weighted by molar-refractivity contribution is 6.16. The first-order valence-corrected chi connectivity index (χ1v) is 6.91. The second-order valence-corrected chi connectivity index (χ2v) is 5.07. The van der Waals surface area contributed by atoms with Crippen molar-refractivity contribution >= 4 is 5.71 Å². The number of ether oxygens (including phenoxy) is 1. The van der Waals surface area contributed by atoms with Crippen LogP contribution in [-0.4, -0.2) is 26.6 Å². The van der Waals surface area contributed by atoms with Crippen molar-refractivity contribution in [3.05, 3.63) is 41.3 Å². The van der Waals surface area contributed by atoms with E-state index in [-0.39, 0.29) is 6.10 Å². The van der Waals surface area contributed by atoms with Gasteiger partial charge in [0, 0.05) is 24.5 Å². The van der Waals surface area contributed by atoms with Crippen LogP contribution in [0.25, 0.3) is 0 Å². The van der Waals surface area contributed by atoms with Crippen molar-refractivity contribution in [2.24, 2.45) is 4.99 Å². The smallest absolute Gasteiger partial charge is 0.223 e. The molecule has 1 aliphatic rings. The van der Waals surface area contributed by atoms with Crippen molar-refractivity contribution in [1.82, 2.24) is 14.8 Å². The molecule has 2 aromatic heterocycles. The molecule has 0 aromatic carbocycles. The van der Waals surface area contributed by atoms with E-state index in [1.165, 1.54) is 0 Å². The summed E-state index contributed by atoms with van der Waals surface area (Å²) < 4.78 is 7.72.